The zero-order valence-electron chi connectivity index (χ0n) is 5.35. The zero-order valence-corrected chi connectivity index (χ0v) is 6.94. The third kappa shape index (κ3) is 1.88. The van der Waals surface area contributed by atoms with Crippen molar-refractivity contribution in [3.05, 3.63) is 16.7 Å². The lowest BCUT2D eigenvalue weighted by atomic mass is 10.6. The molecular formula is C6H6BrNO2. The number of carbonyl (C=O) groups excluding carboxylic acids is 1. The number of rotatable bonds is 1. The summed E-state index contributed by atoms with van der Waals surface area (Å²) in [5.41, 5.74) is 0. The van der Waals surface area contributed by atoms with Gasteiger partial charge in [0.2, 0.25) is 5.88 Å². The van der Waals surface area contributed by atoms with Crippen LogP contribution in [-0.2, 0) is 4.79 Å². The van der Waals surface area contributed by atoms with E-state index >= 15 is 0 Å². The quantitative estimate of drug-likeness (QED) is 0.707. The van der Waals surface area contributed by atoms with E-state index in [9.17, 15) is 4.79 Å². The molecule has 0 saturated carbocycles. The van der Waals surface area contributed by atoms with Gasteiger partial charge in [-0.05, 0) is 15.9 Å². The summed E-state index contributed by atoms with van der Waals surface area (Å²) in [6.45, 7) is 1.36. The molecule has 0 unspecified atom stereocenters. The third-order valence-electron chi connectivity index (χ3n) is 0.875. The van der Waals surface area contributed by atoms with Crippen molar-refractivity contribution >= 4 is 21.9 Å². The summed E-state index contributed by atoms with van der Waals surface area (Å²) in [7, 11) is 0. The fourth-order valence-electron chi connectivity index (χ4n) is 0.562. The van der Waals surface area contributed by atoms with Gasteiger partial charge < -0.3 is 9.72 Å². The summed E-state index contributed by atoms with van der Waals surface area (Å²) in [5.74, 6) is 0.133. The number of ether oxygens (including phenoxy) is 1. The van der Waals surface area contributed by atoms with E-state index in [1.165, 1.54) is 6.92 Å². The average Bonchev–Trinajstić information content (AvgIpc) is 2.13. The molecule has 1 aromatic rings. The van der Waals surface area contributed by atoms with Crippen LogP contribution in [0.4, 0.5) is 0 Å². The van der Waals surface area contributed by atoms with Crippen molar-refractivity contribution in [1.82, 2.24) is 4.98 Å². The first kappa shape index (κ1) is 7.34. The summed E-state index contributed by atoms with van der Waals surface area (Å²) >= 11 is 3.20. The Labute approximate surface area is 66.5 Å². The van der Waals surface area contributed by atoms with Crippen LogP contribution in [0, 0.1) is 0 Å². The SMILES string of the molecule is CC(=O)Oc1cc(Br)c[nH]1. The van der Waals surface area contributed by atoms with Gasteiger partial charge in [-0.15, -0.1) is 0 Å². The minimum absolute atomic E-state index is 0.325. The lowest BCUT2D eigenvalue weighted by molar-refractivity contribution is -0.132. The van der Waals surface area contributed by atoms with E-state index < -0.39 is 0 Å². The van der Waals surface area contributed by atoms with Gasteiger partial charge in [0.25, 0.3) is 0 Å². The molecule has 0 spiro atoms. The number of carbonyl (C=O) groups is 1. The highest BCUT2D eigenvalue weighted by Crippen LogP contribution is 2.16. The molecule has 0 atom stereocenters. The molecule has 0 aliphatic rings. The Bertz CT molecular complexity index is 244. The normalized spacial score (nSPS) is 9.40. The Hall–Kier alpha value is -0.770. The molecule has 10 heavy (non-hydrogen) atoms. The fraction of sp³-hybridized carbons (Fsp3) is 0.167. The fourth-order valence-corrected chi connectivity index (χ4v) is 0.885. The maximum absolute atomic E-state index is 10.4. The Morgan fingerprint density at radius 3 is 2.90 bits per heavy atom. The average molecular weight is 204 g/mol. The van der Waals surface area contributed by atoms with Gasteiger partial charge >= 0.3 is 5.97 Å². The predicted molar refractivity (Wildman–Crippen MR) is 39.8 cm³/mol. The second kappa shape index (κ2) is 2.88. The standard InChI is InChI=1S/C6H6BrNO2/c1-4(9)10-6-2-5(7)3-8-6/h2-3,8H,1H3. The largest absolute Gasteiger partial charge is 0.410 e. The van der Waals surface area contributed by atoms with Gasteiger partial charge in [0.15, 0.2) is 0 Å². The van der Waals surface area contributed by atoms with Crippen LogP contribution in [-0.4, -0.2) is 11.0 Å². The third-order valence-corrected chi connectivity index (χ3v) is 1.33. The van der Waals surface area contributed by atoms with Gasteiger partial charge in [-0.25, -0.2) is 0 Å². The molecule has 1 heterocycles. The molecule has 1 N–H and O–H groups in total. The molecule has 1 rings (SSSR count). The van der Waals surface area contributed by atoms with Gasteiger partial charge in [-0.2, -0.15) is 0 Å². The van der Waals surface area contributed by atoms with E-state index in [0.29, 0.717) is 5.88 Å². The van der Waals surface area contributed by atoms with E-state index in [4.69, 9.17) is 4.74 Å². The summed E-state index contributed by atoms with van der Waals surface area (Å²) < 4.78 is 5.58. The second-order valence-corrected chi connectivity index (χ2v) is 2.69. The minimum atomic E-state index is -0.325. The van der Waals surface area contributed by atoms with Crippen molar-refractivity contribution < 1.29 is 9.53 Å². The molecule has 0 bridgehead atoms. The Kier molecular flexibility index (Phi) is 2.11. The van der Waals surface area contributed by atoms with Crippen LogP contribution in [0.15, 0.2) is 16.7 Å². The molecule has 1 aromatic heterocycles. The molecule has 0 amide bonds. The van der Waals surface area contributed by atoms with Crippen LogP contribution in [0.3, 0.4) is 0 Å². The van der Waals surface area contributed by atoms with Crippen LogP contribution >= 0.6 is 15.9 Å². The zero-order chi connectivity index (χ0) is 7.56. The van der Waals surface area contributed by atoms with Gasteiger partial charge in [0.1, 0.15) is 0 Å². The van der Waals surface area contributed by atoms with Gasteiger partial charge in [-0.3, -0.25) is 4.79 Å². The van der Waals surface area contributed by atoms with Crippen molar-refractivity contribution in [3.8, 4) is 5.88 Å². The topological polar surface area (TPSA) is 42.1 Å². The number of halogens is 1. The van der Waals surface area contributed by atoms with Crippen LogP contribution in [0.1, 0.15) is 6.92 Å². The number of aromatic amines is 1. The maximum Gasteiger partial charge on any atom is 0.309 e. The summed E-state index contributed by atoms with van der Waals surface area (Å²) in [5, 5.41) is 0. The summed E-state index contributed by atoms with van der Waals surface area (Å²) in [6, 6.07) is 1.68. The monoisotopic (exact) mass is 203 g/mol. The lowest BCUT2D eigenvalue weighted by Gasteiger charge is -1.92. The van der Waals surface area contributed by atoms with Crippen molar-refractivity contribution in [3.63, 3.8) is 0 Å². The van der Waals surface area contributed by atoms with Crippen LogP contribution < -0.4 is 4.74 Å². The summed E-state index contributed by atoms with van der Waals surface area (Å²) in [4.78, 5) is 13.1. The predicted octanol–water partition coefficient (Wildman–Crippen LogP) is 1.70. The first-order chi connectivity index (χ1) is 4.68. The molecule has 0 aliphatic carbocycles. The van der Waals surface area contributed by atoms with E-state index in [-0.39, 0.29) is 5.97 Å². The van der Waals surface area contributed by atoms with Crippen LogP contribution in [0.25, 0.3) is 0 Å². The molecule has 0 saturated heterocycles. The molecular weight excluding hydrogens is 198 g/mol. The number of hydrogen-bond donors (Lipinski definition) is 1. The van der Waals surface area contributed by atoms with Gasteiger partial charge in [-0.1, -0.05) is 0 Å². The molecule has 3 nitrogen and oxygen atoms in total. The number of esters is 1. The van der Waals surface area contributed by atoms with E-state index in [2.05, 4.69) is 20.9 Å². The smallest absolute Gasteiger partial charge is 0.309 e. The number of hydrogen-bond acceptors (Lipinski definition) is 2. The minimum Gasteiger partial charge on any atom is -0.410 e. The molecule has 0 fully saturated rings. The van der Waals surface area contributed by atoms with Crippen molar-refractivity contribution in [2.75, 3.05) is 0 Å². The van der Waals surface area contributed by atoms with Crippen LogP contribution in [0.5, 0.6) is 5.88 Å². The Balaban J connectivity index is 2.67. The summed E-state index contributed by atoms with van der Waals surface area (Å²) in [6.07, 6.45) is 1.69. The lowest BCUT2D eigenvalue weighted by Crippen LogP contribution is -2.00. The van der Waals surface area contributed by atoms with E-state index in [1.54, 1.807) is 12.3 Å². The maximum atomic E-state index is 10.4. The highest BCUT2D eigenvalue weighted by Gasteiger charge is 1.98. The first-order valence-electron chi connectivity index (χ1n) is 2.71. The molecule has 0 radical (unpaired) electrons. The van der Waals surface area contributed by atoms with E-state index in [1.807, 2.05) is 0 Å². The first-order valence-corrected chi connectivity index (χ1v) is 3.50. The highest BCUT2D eigenvalue weighted by molar-refractivity contribution is 9.10. The number of nitrogens with one attached hydrogen (secondary N) is 1. The van der Waals surface area contributed by atoms with Crippen LogP contribution in [0.2, 0.25) is 0 Å². The van der Waals surface area contributed by atoms with E-state index in [0.717, 1.165) is 4.47 Å². The Morgan fingerprint density at radius 1 is 1.80 bits per heavy atom. The van der Waals surface area contributed by atoms with Gasteiger partial charge in [0, 0.05) is 23.7 Å². The van der Waals surface area contributed by atoms with Crippen molar-refractivity contribution in [2.45, 2.75) is 6.92 Å². The second-order valence-electron chi connectivity index (χ2n) is 1.78. The van der Waals surface area contributed by atoms with Crippen molar-refractivity contribution in [2.24, 2.45) is 0 Å². The Morgan fingerprint density at radius 2 is 2.50 bits per heavy atom. The highest BCUT2D eigenvalue weighted by atomic mass is 79.9. The molecule has 0 aromatic carbocycles. The van der Waals surface area contributed by atoms with Gasteiger partial charge in [0.05, 0.1) is 0 Å². The number of H-pyrrole nitrogens is 1. The molecule has 4 heteroatoms. The molecule has 54 valence electrons. The molecule has 0 aliphatic heterocycles. The number of aromatic nitrogens is 1. The van der Waals surface area contributed by atoms with Crippen molar-refractivity contribution in [1.29, 1.82) is 0 Å².